The summed E-state index contributed by atoms with van der Waals surface area (Å²) < 4.78 is 32.4. The summed E-state index contributed by atoms with van der Waals surface area (Å²) in [6, 6.07) is 2.47. The molecule has 3 heteroatoms. The summed E-state index contributed by atoms with van der Waals surface area (Å²) in [6.07, 6.45) is 1.32. The van der Waals surface area contributed by atoms with Crippen LogP contribution in [0.3, 0.4) is 0 Å². The van der Waals surface area contributed by atoms with Crippen LogP contribution in [-0.2, 0) is 4.79 Å². The number of rotatable bonds is 2. The number of aldehydes is 1. The molecule has 12 heavy (non-hydrogen) atoms. The van der Waals surface area contributed by atoms with Gasteiger partial charge in [0.05, 0.1) is 1.37 Å². The van der Waals surface area contributed by atoms with Gasteiger partial charge in [-0.15, -0.1) is 0 Å². The standard InChI is InChI=1S/C9H6F2O/c10-8-4-7(2-1-3-12)5-9(11)6-8/h1-6H/i2D. The van der Waals surface area contributed by atoms with E-state index in [9.17, 15) is 13.6 Å². The molecule has 0 aliphatic rings. The largest absolute Gasteiger partial charge is 0.299 e. The van der Waals surface area contributed by atoms with Crippen molar-refractivity contribution in [1.29, 1.82) is 0 Å². The first-order chi connectivity index (χ1) is 6.13. The molecule has 0 fully saturated rings. The third-order valence-corrected chi connectivity index (χ3v) is 1.18. The molecule has 0 heterocycles. The number of carbonyl (C=O) groups is 1. The average molecular weight is 169 g/mol. The Labute approximate surface area is 69.7 Å². The predicted octanol–water partition coefficient (Wildman–Crippen LogP) is 2.18. The Hall–Kier alpha value is -1.51. The van der Waals surface area contributed by atoms with Gasteiger partial charge in [-0.25, -0.2) is 8.78 Å². The molecule has 0 aliphatic carbocycles. The lowest BCUT2D eigenvalue weighted by atomic mass is 10.2. The van der Waals surface area contributed by atoms with Crippen LogP contribution in [0.4, 0.5) is 8.78 Å². The molecule has 0 bridgehead atoms. The Morgan fingerprint density at radius 2 is 1.83 bits per heavy atom. The molecular weight excluding hydrogens is 162 g/mol. The summed E-state index contributed by atoms with van der Waals surface area (Å²) in [7, 11) is 0. The molecule has 0 radical (unpaired) electrons. The summed E-state index contributed by atoms with van der Waals surface area (Å²) >= 11 is 0. The minimum atomic E-state index is -0.765. The number of hydrogen-bond acceptors (Lipinski definition) is 1. The predicted molar refractivity (Wildman–Crippen MR) is 41.5 cm³/mol. The normalized spacial score (nSPS) is 12.5. The maximum atomic E-state index is 12.6. The SMILES string of the molecule is [2H]C(=CC=O)c1cc(F)cc(F)c1. The van der Waals surface area contributed by atoms with Crippen LogP contribution in [0.25, 0.3) is 6.05 Å². The number of benzene rings is 1. The van der Waals surface area contributed by atoms with Gasteiger partial charge >= 0.3 is 0 Å². The second kappa shape index (κ2) is 3.76. The molecule has 0 unspecified atom stereocenters. The summed E-state index contributed by atoms with van der Waals surface area (Å²) in [5.74, 6) is -1.53. The van der Waals surface area contributed by atoms with E-state index in [1.807, 2.05) is 0 Å². The smallest absolute Gasteiger partial charge is 0.142 e. The van der Waals surface area contributed by atoms with Crippen LogP contribution in [0.2, 0.25) is 0 Å². The molecule has 62 valence electrons. The second-order valence-electron chi connectivity index (χ2n) is 2.11. The van der Waals surface area contributed by atoms with Gasteiger partial charge in [-0.3, -0.25) is 4.79 Å². The maximum absolute atomic E-state index is 12.6. The van der Waals surface area contributed by atoms with E-state index in [1.54, 1.807) is 0 Å². The van der Waals surface area contributed by atoms with Crippen molar-refractivity contribution in [1.82, 2.24) is 0 Å². The summed E-state index contributed by atoms with van der Waals surface area (Å²) in [6.45, 7) is 0. The lowest BCUT2D eigenvalue weighted by molar-refractivity contribution is -0.104. The van der Waals surface area contributed by atoms with Crippen molar-refractivity contribution in [2.45, 2.75) is 0 Å². The molecule has 1 rings (SSSR count). The number of carbonyl (C=O) groups excluding carboxylic acids is 1. The van der Waals surface area contributed by atoms with Crippen LogP contribution in [0.5, 0.6) is 0 Å². The van der Waals surface area contributed by atoms with Crippen molar-refractivity contribution in [2.24, 2.45) is 0 Å². The van der Waals surface area contributed by atoms with Gasteiger partial charge in [-0.05, 0) is 23.8 Å². The molecule has 0 aromatic heterocycles. The molecular formula is C9H6F2O. The summed E-state index contributed by atoms with van der Waals surface area (Å²) in [5, 5.41) is 0. The first-order valence-electron chi connectivity index (χ1n) is 3.72. The zero-order chi connectivity index (χ0) is 9.84. The zero-order valence-electron chi connectivity index (χ0n) is 7.05. The van der Waals surface area contributed by atoms with E-state index in [2.05, 4.69) is 0 Å². The highest BCUT2D eigenvalue weighted by Crippen LogP contribution is 2.08. The molecule has 0 saturated carbocycles. The van der Waals surface area contributed by atoms with Gasteiger partial charge in [-0.2, -0.15) is 0 Å². The molecule has 0 saturated heterocycles. The average Bonchev–Trinajstić information content (AvgIpc) is 2.03. The van der Waals surface area contributed by atoms with Gasteiger partial charge in [0.15, 0.2) is 0 Å². The van der Waals surface area contributed by atoms with E-state index in [-0.39, 0.29) is 11.6 Å². The minimum absolute atomic E-state index is 0.0459. The van der Waals surface area contributed by atoms with E-state index in [1.165, 1.54) is 0 Å². The molecule has 0 spiro atoms. The molecule has 0 amide bonds. The number of hydrogen-bond donors (Lipinski definition) is 0. The van der Waals surface area contributed by atoms with E-state index < -0.39 is 11.6 Å². The van der Waals surface area contributed by atoms with Crippen molar-refractivity contribution in [3.05, 3.63) is 41.5 Å². The molecule has 0 atom stereocenters. The van der Waals surface area contributed by atoms with Gasteiger partial charge in [0.1, 0.15) is 17.9 Å². The monoisotopic (exact) mass is 169 g/mol. The van der Waals surface area contributed by atoms with Crippen molar-refractivity contribution >= 4 is 12.3 Å². The van der Waals surface area contributed by atoms with Gasteiger partial charge in [0.25, 0.3) is 0 Å². The zero-order valence-corrected chi connectivity index (χ0v) is 6.05. The highest BCUT2D eigenvalue weighted by Gasteiger charge is 1.96. The Morgan fingerprint density at radius 3 is 2.33 bits per heavy atom. The minimum Gasteiger partial charge on any atom is -0.299 e. The first kappa shape index (κ1) is 7.16. The Kier molecular flexibility index (Phi) is 2.24. The number of allylic oxidation sites excluding steroid dienone is 1. The van der Waals surface area contributed by atoms with Crippen molar-refractivity contribution in [2.75, 3.05) is 0 Å². The fraction of sp³-hybridized carbons (Fsp3) is 0. The van der Waals surface area contributed by atoms with Crippen LogP contribution in [-0.4, -0.2) is 6.29 Å². The topological polar surface area (TPSA) is 17.1 Å². The van der Waals surface area contributed by atoms with Crippen LogP contribution < -0.4 is 0 Å². The van der Waals surface area contributed by atoms with Gasteiger partial charge in [0, 0.05) is 6.07 Å². The molecule has 1 aromatic rings. The third-order valence-electron chi connectivity index (χ3n) is 1.18. The van der Waals surface area contributed by atoms with E-state index >= 15 is 0 Å². The van der Waals surface area contributed by atoms with Gasteiger partial charge in [0.2, 0.25) is 0 Å². The molecule has 0 N–H and O–H groups in total. The summed E-state index contributed by atoms with van der Waals surface area (Å²) in [5.41, 5.74) is 0.0459. The van der Waals surface area contributed by atoms with E-state index in [0.717, 1.165) is 18.2 Å². The fourth-order valence-electron chi connectivity index (χ4n) is 0.767. The highest BCUT2D eigenvalue weighted by molar-refractivity contribution is 5.73. The lowest BCUT2D eigenvalue weighted by Gasteiger charge is -1.93. The Balaban J connectivity index is 3.15. The van der Waals surface area contributed by atoms with Crippen LogP contribution >= 0.6 is 0 Å². The molecule has 0 aliphatic heterocycles. The van der Waals surface area contributed by atoms with Gasteiger partial charge in [-0.1, -0.05) is 6.05 Å². The van der Waals surface area contributed by atoms with E-state index in [4.69, 9.17) is 1.37 Å². The Bertz CT molecular complexity index is 340. The van der Waals surface area contributed by atoms with Crippen molar-refractivity contribution in [3.63, 3.8) is 0 Å². The highest BCUT2D eigenvalue weighted by atomic mass is 19.1. The molecule has 1 aromatic carbocycles. The Morgan fingerprint density at radius 1 is 1.25 bits per heavy atom. The summed E-state index contributed by atoms with van der Waals surface area (Å²) in [4.78, 5) is 9.97. The van der Waals surface area contributed by atoms with Crippen LogP contribution in [0, 0.1) is 11.6 Å². The number of halogens is 2. The molecule has 1 nitrogen and oxygen atoms in total. The maximum Gasteiger partial charge on any atom is 0.142 e. The van der Waals surface area contributed by atoms with E-state index in [0.29, 0.717) is 12.4 Å². The van der Waals surface area contributed by atoms with Crippen molar-refractivity contribution < 1.29 is 14.9 Å². The first-order valence-corrected chi connectivity index (χ1v) is 3.22. The second-order valence-corrected chi connectivity index (χ2v) is 2.11. The van der Waals surface area contributed by atoms with Crippen molar-refractivity contribution in [3.8, 4) is 0 Å². The van der Waals surface area contributed by atoms with Gasteiger partial charge < -0.3 is 0 Å². The third kappa shape index (κ3) is 2.27. The van der Waals surface area contributed by atoms with Crippen LogP contribution in [0.1, 0.15) is 6.93 Å². The lowest BCUT2D eigenvalue weighted by Crippen LogP contribution is -1.81. The van der Waals surface area contributed by atoms with Crippen LogP contribution in [0.15, 0.2) is 24.3 Å². The quantitative estimate of drug-likeness (QED) is 0.489. The fourth-order valence-corrected chi connectivity index (χ4v) is 0.767.